The third-order valence-electron chi connectivity index (χ3n) is 5.09. The molecule has 3 unspecified atom stereocenters. The third-order valence-corrected chi connectivity index (χ3v) is 6.14. The lowest BCUT2D eigenvalue weighted by Gasteiger charge is -2.40. The van der Waals surface area contributed by atoms with Crippen LogP contribution in [0.2, 0.25) is 0 Å². The van der Waals surface area contributed by atoms with Gasteiger partial charge < -0.3 is 5.32 Å². The minimum Gasteiger partial charge on any atom is -0.381 e. The smallest absolute Gasteiger partial charge is 0.0489 e. The van der Waals surface area contributed by atoms with E-state index in [2.05, 4.69) is 46.4 Å². The SMILES string of the molecule is Cc1cccc(NC2CCC3CCCCC3C2)c1Br. The Morgan fingerprint density at radius 3 is 2.68 bits per heavy atom. The van der Waals surface area contributed by atoms with Crippen molar-refractivity contribution in [2.45, 2.75) is 57.9 Å². The van der Waals surface area contributed by atoms with E-state index in [0.29, 0.717) is 6.04 Å². The highest BCUT2D eigenvalue weighted by atomic mass is 79.9. The Kier molecular flexibility index (Phi) is 4.16. The molecule has 1 nitrogen and oxygen atoms in total. The van der Waals surface area contributed by atoms with Crippen molar-refractivity contribution in [3.63, 3.8) is 0 Å². The quantitative estimate of drug-likeness (QED) is 0.755. The van der Waals surface area contributed by atoms with Gasteiger partial charge in [-0.15, -0.1) is 0 Å². The summed E-state index contributed by atoms with van der Waals surface area (Å²) in [6, 6.07) is 7.18. The first kappa shape index (κ1) is 13.5. The first-order valence-corrected chi connectivity index (χ1v) is 8.55. The van der Waals surface area contributed by atoms with Gasteiger partial charge in [0, 0.05) is 16.2 Å². The summed E-state index contributed by atoms with van der Waals surface area (Å²) in [6.07, 6.45) is 10.1. The molecule has 1 aromatic carbocycles. The van der Waals surface area contributed by atoms with E-state index in [-0.39, 0.29) is 0 Å². The van der Waals surface area contributed by atoms with Crippen molar-refractivity contribution in [3.8, 4) is 0 Å². The second-order valence-electron chi connectivity index (χ2n) is 6.40. The molecule has 0 spiro atoms. The number of aryl methyl sites for hydroxylation is 1. The largest absolute Gasteiger partial charge is 0.381 e. The van der Waals surface area contributed by atoms with E-state index < -0.39 is 0 Å². The van der Waals surface area contributed by atoms with E-state index in [1.54, 1.807) is 0 Å². The van der Waals surface area contributed by atoms with Crippen LogP contribution in [0.5, 0.6) is 0 Å². The molecule has 0 amide bonds. The Bertz CT molecular complexity index is 443. The molecule has 0 bridgehead atoms. The van der Waals surface area contributed by atoms with Gasteiger partial charge in [0.2, 0.25) is 0 Å². The maximum absolute atomic E-state index is 3.78. The summed E-state index contributed by atoms with van der Waals surface area (Å²) in [6.45, 7) is 2.16. The number of fused-ring (bicyclic) bond motifs is 1. The van der Waals surface area contributed by atoms with Crippen LogP contribution in [0.3, 0.4) is 0 Å². The zero-order valence-electron chi connectivity index (χ0n) is 11.8. The van der Waals surface area contributed by atoms with Crippen molar-refractivity contribution < 1.29 is 0 Å². The standard InChI is InChI=1S/C17H24BrN/c1-12-5-4-8-16(17(12)18)19-15-10-9-13-6-2-3-7-14(13)11-15/h4-5,8,13-15,19H,2-3,6-7,9-11H2,1H3. The topological polar surface area (TPSA) is 12.0 Å². The van der Waals surface area contributed by atoms with Gasteiger partial charge in [-0.2, -0.15) is 0 Å². The highest BCUT2D eigenvalue weighted by Gasteiger charge is 2.32. The Morgan fingerprint density at radius 2 is 1.84 bits per heavy atom. The van der Waals surface area contributed by atoms with Crippen LogP contribution in [0.4, 0.5) is 5.69 Å². The van der Waals surface area contributed by atoms with Crippen LogP contribution >= 0.6 is 15.9 Å². The third kappa shape index (κ3) is 2.99. The summed E-state index contributed by atoms with van der Waals surface area (Å²) in [4.78, 5) is 0. The summed E-state index contributed by atoms with van der Waals surface area (Å²) in [5.74, 6) is 2.02. The lowest BCUT2D eigenvalue weighted by molar-refractivity contribution is 0.162. The summed E-state index contributed by atoms with van der Waals surface area (Å²) < 4.78 is 1.24. The van der Waals surface area contributed by atoms with E-state index in [0.717, 1.165) is 11.8 Å². The van der Waals surface area contributed by atoms with Crippen molar-refractivity contribution in [2.75, 3.05) is 5.32 Å². The lowest BCUT2D eigenvalue weighted by atomic mass is 9.69. The summed E-state index contributed by atoms with van der Waals surface area (Å²) in [5, 5.41) is 3.78. The molecule has 2 aliphatic carbocycles. The van der Waals surface area contributed by atoms with Gasteiger partial charge in [-0.05, 0) is 65.6 Å². The normalized spacial score (nSPS) is 30.7. The Hall–Kier alpha value is -0.500. The van der Waals surface area contributed by atoms with Crippen LogP contribution in [0.25, 0.3) is 0 Å². The van der Waals surface area contributed by atoms with E-state index in [9.17, 15) is 0 Å². The summed E-state index contributed by atoms with van der Waals surface area (Å²) in [5.41, 5.74) is 2.59. The Balaban J connectivity index is 1.66. The second-order valence-corrected chi connectivity index (χ2v) is 7.19. The summed E-state index contributed by atoms with van der Waals surface area (Å²) in [7, 11) is 0. The number of anilines is 1. The highest BCUT2D eigenvalue weighted by molar-refractivity contribution is 9.10. The van der Waals surface area contributed by atoms with Crippen LogP contribution in [0, 0.1) is 18.8 Å². The van der Waals surface area contributed by atoms with Crippen LogP contribution < -0.4 is 5.32 Å². The summed E-state index contributed by atoms with van der Waals surface area (Å²) >= 11 is 3.71. The van der Waals surface area contributed by atoms with Crippen molar-refractivity contribution in [3.05, 3.63) is 28.2 Å². The van der Waals surface area contributed by atoms with Gasteiger partial charge >= 0.3 is 0 Å². The van der Waals surface area contributed by atoms with Crippen molar-refractivity contribution in [1.29, 1.82) is 0 Å². The van der Waals surface area contributed by atoms with Gasteiger partial charge in [0.15, 0.2) is 0 Å². The van der Waals surface area contributed by atoms with Crippen molar-refractivity contribution in [1.82, 2.24) is 0 Å². The molecule has 2 fully saturated rings. The van der Waals surface area contributed by atoms with E-state index in [4.69, 9.17) is 0 Å². The van der Waals surface area contributed by atoms with Gasteiger partial charge in [-0.1, -0.05) is 37.8 Å². The van der Waals surface area contributed by atoms with E-state index in [1.165, 1.54) is 60.7 Å². The molecular formula is C17H24BrN. The molecule has 104 valence electrons. The first-order chi connectivity index (χ1) is 9.24. The highest BCUT2D eigenvalue weighted by Crippen LogP contribution is 2.41. The molecule has 0 radical (unpaired) electrons. The molecule has 1 N–H and O–H groups in total. The van der Waals surface area contributed by atoms with Crippen LogP contribution in [-0.4, -0.2) is 6.04 Å². The average Bonchev–Trinajstić information content (AvgIpc) is 2.44. The molecule has 0 aliphatic heterocycles. The van der Waals surface area contributed by atoms with Gasteiger partial charge in [-0.25, -0.2) is 0 Å². The van der Waals surface area contributed by atoms with Crippen molar-refractivity contribution >= 4 is 21.6 Å². The molecule has 2 saturated carbocycles. The Morgan fingerprint density at radius 1 is 1.05 bits per heavy atom. The van der Waals surface area contributed by atoms with Crippen molar-refractivity contribution in [2.24, 2.45) is 11.8 Å². The van der Waals surface area contributed by atoms with Crippen LogP contribution in [0.15, 0.2) is 22.7 Å². The molecule has 0 saturated heterocycles. The maximum Gasteiger partial charge on any atom is 0.0489 e. The predicted octanol–water partition coefficient (Wildman–Crippen LogP) is 5.53. The molecule has 0 heterocycles. The molecule has 0 aromatic heterocycles. The second kappa shape index (κ2) is 5.87. The van der Waals surface area contributed by atoms with Crippen LogP contribution in [0.1, 0.15) is 50.5 Å². The Labute approximate surface area is 125 Å². The molecule has 3 rings (SSSR count). The zero-order valence-corrected chi connectivity index (χ0v) is 13.4. The van der Waals surface area contributed by atoms with Gasteiger partial charge in [0.05, 0.1) is 0 Å². The molecule has 2 aliphatic rings. The van der Waals surface area contributed by atoms with E-state index in [1.807, 2.05) is 0 Å². The number of benzene rings is 1. The fourth-order valence-corrected chi connectivity index (χ4v) is 4.36. The van der Waals surface area contributed by atoms with Gasteiger partial charge in [0.1, 0.15) is 0 Å². The molecule has 3 atom stereocenters. The number of hydrogen-bond acceptors (Lipinski definition) is 1. The number of rotatable bonds is 2. The molecule has 2 heteroatoms. The molecule has 19 heavy (non-hydrogen) atoms. The predicted molar refractivity (Wildman–Crippen MR) is 85.6 cm³/mol. The number of nitrogens with one attached hydrogen (secondary N) is 1. The first-order valence-electron chi connectivity index (χ1n) is 7.75. The molecule has 1 aromatic rings. The zero-order chi connectivity index (χ0) is 13.2. The minimum absolute atomic E-state index is 0.678. The molecular weight excluding hydrogens is 298 g/mol. The van der Waals surface area contributed by atoms with E-state index >= 15 is 0 Å². The minimum atomic E-state index is 0.678. The maximum atomic E-state index is 3.78. The lowest BCUT2D eigenvalue weighted by Crippen LogP contribution is -2.34. The van der Waals surface area contributed by atoms with Gasteiger partial charge in [0.25, 0.3) is 0 Å². The van der Waals surface area contributed by atoms with Crippen LogP contribution in [-0.2, 0) is 0 Å². The average molecular weight is 322 g/mol. The number of hydrogen-bond donors (Lipinski definition) is 1. The fourth-order valence-electron chi connectivity index (χ4n) is 3.98. The fraction of sp³-hybridized carbons (Fsp3) is 0.647. The monoisotopic (exact) mass is 321 g/mol. The number of halogens is 1. The van der Waals surface area contributed by atoms with Gasteiger partial charge in [-0.3, -0.25) is 0 Å².